The standard InChI is InChI=1S/C18H29NO/c1-2-3-4-7-13-19-14-15-20-18-12-8-10-16-9-5-6-11-17(16)18/h5-6,9,11,18-19H,2-4,7-8,10,12-15H2,1H3. The van der Waals surface area contributed by atoms with Gasteiger partial charge in [0.2, 0.25) is 0 Å². The van der Waals surface area contributed by atoms with Crippen molar-refractivity contribution in [1.82, 2.24) is 5.32 Å². The summed E-state index contributed by atoms with van der Waals surface area (Å²) in [5.74, 6) is 0. The zero-order valence-electron chi connectivity index (χ0n) is 12.9. The molecular weight excluding hydrogens is 246 g/mol. The summed E-state index contributed by atoms with van der Waals surface area (Å²) in [6.45, 7) is 5.19. The SMILES string of the molecule is CCCCCCNCCOC1CCCc2ccccc21. The van der Waals surface area contributed by atoms with Crippen LogP contribution in [0.15, 0.2) is 24.3 Å². The van der Waals surface area contributed by atoms with Crippen LogP contribution in [0.3, 0.4) is 0 Å². The number of aryl methyl sites for hydroxylation is 1. The topological polar surface area (TPSA) is 21.3 Å². The van der Waals surface area contributed by atoms with Crippen molar-refractivity contribution in [3.63, 3.8) is 0 Å². The molecule has 0 radical (unpaired) electrons. The Balaban J connectivity index is 1.61. The van der Waals surface area contributed by atoms with Gasteiger partial charge < -0.3 is 10.1 Å². The van der Waals surface area contributed by atoms with Gasteiger partial charge in [-0.3, -0.25) is 0 Å². The van der Waals surface area contributed by atoms with Crippen molar-refractivity contribution in [2.45, 2.75) is 58.0 Å². The molecule has 1 unspecified atom stereocenters. The Morgan fingerprint density at radius 2 is 2.05 bits per heavy atom. The van der Waals surface area contributed by atoms with E-state index < -0.39 is 0 Å². The van der Waals surface area contributed by atoms with Crippen LogP contribution in [0, 0.1) is 0 Å². The van der Waals surface area contributed by atoms with Gasteiger partial charge in [0.25, 0.3) is 0 Å². The van der Waals surface area contributed by atoms with Crippen LogP contribution in [0.1, 0.15) is 62.7 Å². The fraction of sp³-hybridized carbons (Fsp3) is 0.667. The molecule has 2 rings (SSSR count). The Hall–Kier alpha value is -0.860. The third kappa shape index (κ3) is 4.92. The summed E-state index contributed by atoms with van der Waals surface area (Å²) in [6, 6.07) is 8.75. The molecule has 1 aliphatic carbocycles. The maximum Gasteiger partial charge on any atom is 0.0828 e. The Bertz CT molecular complexity index is 377. The van der Waals surface area contributed by atoms with E-state index in [9.17, 15) is 0 Å². The maximum atomic E-state index is 6.07. The summed E-state index contributed by atoms with van der Waals surface area (Å²) in [6.07, 6.45) is 9.27. The van der Waals surface area contributed by atoms with Crippen LogP contribution in [-0.2, 0) is 11.2 Å². The quantitative estimate of drug-likeness (QED) is 0.680. The molecule has 0 aromatic heterocycles. The summed E-state index contributed by atoms with van der Waals surface area (Å²) in [5.41, 5.74) is 2.90. The number of ether oxygens (including phenoxy) is 1. The van der Waals surface area contributed by atoms with Gasteiger partial charge in [0.05, 0.1) is 12.7 Å². The van der Waals surface area contributed by atoms with Gasteiger partial charge >= 0.3 is 0 Å². The smallest absolute Gasteiger partial charge is 0.0828 e. The van der Waals surface area contributed by atoms with Crippen LogP contribution < -0.4 is 5.32 Å². The minimum absolute atomic E-state index is 0.321. The van der Waals surface area contributed by atoms with E-state index >= 15 is 0 Å². The first-order chi connectivity index (χ1) is 9.92. The number of benzene rings is 1. The van der Waals surface area contributed by atoms with E-state index in [2.05, 4.69) is 36.5 Å². The summed E-state index contributed by atoms with van der Waals surface area (Å²) in [5, 5.41) is 3.48. The summed E-state index contributed by atoms with van der Waals surface area (Å²) in [7, 11) is 0. The second-order valence-electron chi connectivity index (χ2n) is 5.76. The molecule has 1 aromatic rings. The largest absolute Gasteiger partial charge is 0.372 e. The summed E-state index contributed by atoms with van der Waals surface area (Å²) in [4.78, 5) is 0. The zero-order valence-corrected chi connectivity index (χ0v) is 12.9. The molecule has 1 aliphatic rings. The molecule has 0 spiro atoms. The van der Waals surface area contributed by atoms with Gasteiger partial charge in [-0.15, -0.1) is 0 Å². The molecule has 0 amide bonds. The van der Waals surface area contributed by atoms with Crippen molar-refractivity contribution >= 4 is 0 Å². The van der Waals surface area contributed by atoms with Gasteiger partial charge in [-0.05, 0) is 43.4 Å². The monoisotopic (exact) mass is 275 g/mol. The van der Waals surface area contributed by atoms with Crippen LogP contribution in [0.5, 0.6) is 0 Å². The lowest BCUT2D eigenvalue weighted by Gasteiger charge is -2.25. The minimum Gasteiger partial charge on any atom is -0.372 e. The first-order valence-corrected chi connectivity index (χ1v) is 8.32. The lowest BCUT2D eigenvalue weighted by atomic mass is 9.89. The molecule has 20 heavy (non-hydrogen) atoms. The molecule has 0 bridgehead atoms. The lowest BCUT2D eigenvalue weighted by Crippen LogP contribution is -2.23. The maximum absolute atomic E-state index is 6.07. The van der Waals surface area contributed by atoms with E-state index in [1.54, 1.807) is 0 Å². The van der Waals surface area contributed by atoms with E-state index in [4.69, 9.17) is 4.74 Å². The Morgan fingerprint density at radius 1 is 1.15 bits per heavy atom. The van der Waals surface area contributed by atoms with Crippen LogP contribution in [0.4, 0.5) is 0 Å². The highest BCUT2D eigenvalue weighted by atomic mass is 16.5. The van der Waals surface area contributed by atoms with Crippen LogP contribution in [-0.4, -0.2) is 19.7 Å². The number of hydrogen-bond donors (Lipinski definition) is 1. The summed E-state index contributed by atoms with van der Waals surface area (Å²) < 4.78 is 6.07. The number of unbranched alkanes of at least 4 members (excludes halogenated alkanes) is 3. The predicted octanol–water partition coefficient (Wildman–Crippen LogP) is 4.25. The van der Waals surface area contributed by atoms with Gasteiger partial charge in [0, 0.05) is 6.54 Å². The predicted molar refractivity (Wildman–Crippen MR) is 85.1 cm³/mol. The second-order valence-corrected chi connectivity index (χ2v) is 5.76. The highest BCUT2D eigenvalue weighted by molar-refractivity contribution is 5.31. The molecule has 2 nitrogen and oxygen atoms in total. The Labute approximate surface area is 123 Å². The molecule has 2 heteroatoms. The number of hydrogen-bond acceptors (Lipinski definition) is 2. The second kappa shape index (κ2) is 9.15. The Morgan fingerprint density at radius 3 is 2.95 bits per heavy atom. The molecular formula is C18H29NO. The van der Waals surface area contributed by atoms with Gasteiger partial charge in [-0.1, -0.05) is 50.5 Å². The molecule has 0 heterocycles. The molecule has 0 aliphatic heterocycles. The average molecular weight is 275 g/mol. The molecule has 1 atom stereocenters. The van der Waals surface area contributed by atoms with E-state index in [-0.39, 0.29) is 0 Å². The van der Waals surface area contributed by atoms with E-state index in [0.29, 0.717) is 6.10 Å². The van der Waals surface area contributed by atoms with Gasteiger partial charge in [0.15, 0.2) is 0 Å². The van der Waals surface area contributed by atoms with Crippen molar-refractivity contribution in [3.05, 3.63) is 35.4 Å². The van der Waals surface area contributed by atoms with Gasteiger partial charge in [-0.25, -0.2) is 0 Å². The van der Waals surface area contributed by atoms with E-state index in [1.807, 2.05) is 0 Å². The first-order valence-electron chi connectivity index (χ1n) is 8.32. The number of rotatable bonds is 9. The third-order valence-electron chi connectivity index (χ3n) is 4.12. The molecule has 0 fully saturated rings. The van der Waals surface area contributed by atoms with Crippen LogP contribution in [0.25, 0.3) is 0 Å². The summed E-state index contributed by atoms with van der Waals surface area (Å²) >= 11 is 0. The minimum atomic E-state index is 0.321. The molecule has 1 aromatic carbocycles. The van der Waals surface area contributed by atoms with Gasteiger partial charge in [-0.2, -0.15) is 0 Å². The third-order valence-corrected chi connectivity index (χ3v) is 4.12. The first kappa shape index (κ1) is 15.5. The van der Waals surface area contributed by atoms with Crippen molar-refractivity contribution in [2.75, 3.05) is 19.7 Å². The molecule has 0 saturated heterocycles. The highest BCUT2D eigenvalue weighted by Gasteiger charge is 2.19. The van der Waals surface area contributed by atoms with Crippen molar-refractivity contribution in [1.29, 1.82) is 0 Å². The normalized spacial score (nSPS) is 17.9. The average Bonchev–Trinajstić information content (AvgIpc) is 2.50. The van der Waals surface area contributed by atoms with E-state index in [1.165, 1.54) is 56.1 Å². The van der Waals surface area contributed by atoms with Crippen LogP contribution >= 0.6 is 0 Å². The molecule has 0 saturated carbocycles. The number of fused-ring (bicyclic) bond motifs is 1. The van der Waals surface area contributed by atoms with Crippen LogP contribution in [0.2, 0.25) is 0 Å². The van der Waals surface area contributed by atoms with Crippen molar-refractivity contribution in [2.24, 2.45) is 0 Å². The van der Waals surface area contributed by atoms with Gasteiger partial charge in [0.1, 0.15) is 0 Å². The highest BCUT2D eigenvalue weighted by Crippen LogP contribution is 2.31. The molecule has 112 valence electrons. The zero-order chi connectivity index (χ0) is 14.0. The lowest BCUT2D eigenvalue weighted by molar-refractivity contribution is 0.0427. The fourth-order valence-electron chi connectivity index (χ4n) is 2.96. The number of nitrogens with one attached hydrogen (secondary N) is 1. The molecule has 1 N–H and O–H groups in total. The van der Waals surface area contributed by atoms with Crippen molar-refractivity contribution in [3.8, 4) is 0 Å². The van der Waals surface area contributed by atoms with Crippen molar-refractivity contribution < 1.29 is 4.74 Å². The van der Waals surface area contributed by atoms with E-state index in [0.717, 1.165) is 19.7 Å². The fourth-order valence-corrected chi connectivity index (χ4v) is 2.96. The Kier molecular flexibility index (Phi) is 7.10.